The first kappa shape index (κ1) is 18.0. The van der Waals surface area contributed by atoms with E-state index in [1.807, 2.05) is 12.1 Å². The Bertz CT molecular complexity index is 613. The van der Waals surface area contributed by atoms with Crippen molar-refractivity contribution >= 4 is 11.6 Å². The summed E-state index contributed by atoms with van der Waals surface area (Å²) in [5.41, 5.74) is -0.696. The fourth-order valence-corrected chi connectivity index (χ4v) is 2.75. The minimum atomic E-state index is -1.57. The highest BCUT2D eigenvalue weighted by Crippen LogP contribution is 2.28. The van der Waals surface area contributed by atoms with E-state index in [1.165, 1.54) is 7.11 Å². The molecule has 0 fully saturated rings. The highest BCUT2D eigenvalue weighted by molar-refractivity contribution is 6.22. The third-order valence-corrected chi connectivity index (χ3v) is 4.09. The van der Waals surface area contributed by atoms with Crippen molar-refractivity contribution in [3.8, 4) is 0 Å². The van der Waals surface area contributed by atoms with Crippen molar-refractivity contribution in [1.82, 2.24) is 0 Å². The molecule has 126 valence electrons. The zero-order valence-corrected chi connectivity index (χ0v) is 13.8. The Kier molecular flexibility index (Phi) is 6.41. The molecule has 0 saturated heterocycles. The van der Waals surface area contributed by atoms with Gasteiger partial charge < -0.3 is 9.84 Å². The molecule has 0 atom stereocenters. The van der Waals surface area contributed by atoms with E-state index >= 15 is 0 Å². The fraction of sp³-hybridized carbons (Fsp3) is 0.300. The first-order valence-electron chi connectivity index (χ1n) is 8.01. The maximum absolute atomic E-state index is 13.1. The number of hydrogen-bond acceptors (Lipinski definition) is 4. The standard InChI is InChI=1S/C20H22O4/c1-24-20(14-8-9-15-21,18(22)16-10-4-2-5-11-16)19(23)17-12-6-3-7-13-17/h2-7,10-13,21H,8-9,14-15H2,1H3. The molecule has 24 heavy (non-hydrogen) atoms. The van der Waals surface area contributed by atoms with Gasteiger partial charge in [-0.1, -0.05) is 60.7 Å². The molecule has 0 amide bonds. The molecular formula is C20H22O4. The van der Waals surface area contributed by atoms with E-state index in [0.29, 0.717) is 24.0 Å². The summed E-state index contributed by atoms with van der Waals surface area (Å²) < 4.78 is 5.54. The maximum atomic E-state index is 13.1. The van der Waals surface area contributed by atoms with Crippen molar-refractivity contribution in [2.24, 2.45) is 0 Å². The maximum Gasteiger partial charge on any atom is 0.202 e. The van der Waals surface area contributed by atoms with Crippen LogP contribution in [0.5, 0.6) is 0 Å². The summed E-state index contributed by atoms with van der Waals surface area (Å²) >= 11 is 0. The molecule has 0 bridgehead atoms. The summed E-state index contributed by atoms with van der Waals surface area (Å²) in [6.45, 7) is 0.0127. The van der Waals surface area contributed by atoms with Gasteiger partial charge in [-0.2, -0.15) is 0 Å². The van der Waals surface area contributed by atoms with E-state index < -0.39 is 5.60 Å². The van der Waals surface area contributed by atoms with Crippen molar-refractivity contribution in [1.29, 1.82) is 0 Å². The Morgan fingerprint density at radius 1 is 0.875 bits per heavy atom. The number of Topliss-reactive ketones (excluding diaryl/α,β-unsaturated/α-hetero) is 2. The number of hydrogen-bond donors (Lipinski definition) is 1. The van der Waals surface area contributed by atoms with Crippen molar-refractivity contribution in [2.75, 3.05) is 13.7 Å². The number of methoxy groups -OCH3 is 1. The molecule has 0 aliphatic heterocycles. The van der Waals surface area contributed by atoms with Crippen LogP contribution in [0.4, 0.5) is 0 Å². The Balaban J connectivity index is 2.43. The van der Waals surface area contributed by atoms with Crippen molar-refractivity contribution in [3.05, 3.63) is 71.8 Å². The van der Waals surface area contributed by atoms with Crippen LogP contribution in [0.3, 0.4) is 0 Å². The smallest absolute Gasteiger partial charge is 0.202 e. The number of rotatable bonds is 9. The van der Waals surface area contributed by atoms with Gasteiger partial charge in [0.05, 0.1) is 0 Å². The Morgan fingerprint density at radius 2 is 1.33 bits per heavy atom. The number of ketones is 2. The van der Waals surface area contributed by atoms with E-state index in [9.17, 15) is 9.59 Å². The second-order valence-corrected chi connectivity index (χ2v) is 5.60. The summed E-state index contributed by atoms with van der Waals surface area (Å²) in [6.07, 6.45) is 1.25. The number of carbonyl (C=O) groups is 2. The Hall–Kier alpha value is -2.30. The van der Waals surface area contributed by atoms with Crippen molar-refractivity contribution in [2.45, 2.75) is 24.9 Å². The Morgan fingerprint density at radius 3 is 1.71 bits per heavy atom. The summed E-state index contributed by atoms with van der Waals surface area (Å²) in [5, 5.41) is 9.04. The number of benzene rings is 2. The number of aliphatic hydroxyl groups excluding tert-OH is 1. The van der Waals surface area contributed by atoms with E-state index in [0.717, 1.165) is 0 Å². The highest BCUT2D eigenvalue weighted by atomic mass is 16.5. The van der Waals surface area contributed by atoms with Gasteiger partial charge in [0.1, 0.15) is 0 Å². The first-order valence-corrected chi connectivity index (χ1v) is 8.01. The van der Waals surface area contributed by atoms with Gasteiger partial charge in [0.15, 0.2) is 5.60 Å². The summed E-state index contributed by atoms with van der Waals surface area (Å²) in [6, 6.07) is 17.4. The van der Waals surface area contributed by atoms with Gasteiger partial charge in [-0.25, -0.2) is 0 Å². The van der Waals surface area contributed by atoms with Crippen LogP contribution >= 0.6 is 0 Å². The van der Waals surface area contributed by atoms with Crippen LogP contribution in [-0.2, 0) is 4.74 Å². The van der Waals surface area contributed by atoms with Crippen LogP contribution in [-0.4, -0.2) is 36.0 Å². The second-order valence-electron chi connectivity index (χ2n) is 5.60. The molecule has 0 aliphatic rings. The van der Waals surface area contributed by atoms with Crippen LogP contribution in [0.2, 0.25) is 0 Å². The molecule has 2 aromatic carbocycles. The second kappa shape index (κ2) is 8.52. The van der Waals surface area contributed by atoms with Crippen LogP contribution in [0.15, 0.2) is 60.7 Å². The van der Waals surface area contributed by atoms with Crippen LogP contribution in [0, 0.1) is 0 Å². The molecule has 0 saturated carbocycles. The number of unbranched alkanes of at least 4 members (excludes halogenated alkanes) is 1. The minimum absolute atomic E-state index is 0.0127. The highest BCUT2D eigenvalue weighted by Gasteiger charge is 2.46. The molecule has 4 heteroatoms. The van der Waals surface area contributed by atoms with Crippen LogP contribution in [0.25, 0.3) is 0 Å². The molecule has 1 N–H and O–H groups in total. The molecular weight excluding hydrogens is 304 g/mol. The van der Waals surface area contributed by atoms with Gasteiger partial charge in [-0.3, -0.25) is 9.59 Å². The van der Waals surface area contributed by atoms with Gasteiger partial charge in [-0.15, -0.1) is 0 Å². The van der Waals surface area contributed by atoms with E-state index in [-0.39, 0.29) is 24.6 Å². The largest absolute Gasteiger partial charge is 0.396 e. The topological polar surface area (TPSA) is 63.6 Å². The van der Waals surface area contributed by atoms with Crippen LogP contribution < -0.4 is 0 Å². The van der Waals surface area contributed by atoms with Gasteiger partial charge in [0.2, 0.25) is 11.6 Å². The molecule has 2 rings (SSSR count). The van der Waals surface area contributed by atoms with E-state index in [1.54, 1.807) is 48.5 Å². The lowest BCUT2D eigenvalue weighted by Gasteiger charge is -2.30. The molecule has 0 aromatic heterocycles. The van der Waals surface area contributed by atoms with Crippen molar-refractivity contribution in [3.63, 3.8) is 0 Å². The quantitative estimate of drug-likeness (QED) is 0.436. The molecule has 0 unspecified atom stereocenters. The lowest BCUT2D eigenvalue weighted by molar-refractivity contribution is 0.00326. The lowest BCUT2D eigenvalue weighted by atomic mass is 9.81. The van der Waals surface area contributed by atoms with Crippen molar-refractivity contribution < 1.29 is 19.4 Å². The number of carbonyl (C=O) groups excluding carboxylic acids is 2. The lowest BCUT2D eigenvalue weighted by Crippen LogP contribution is -2.48. The number of aliphatic hydroxyl groups is 1. The van der Waals surface area contributed by atoms with Gasteiger partial charge >= 0.3 is 0 Å². The molecule has 0 heterocycles. The van der Waals surface area contributed by atoms with Gasteiger partial charge in [0, 0.05) is 24.8 Å². The van der Waals surface area contributed by atoms with Crippen LogP contribution in [0.1, 0.15) is 40.0 Å². The first-order chi connectivity index (χ1) is 11.7. The van der Waals surface area contributed by atoms with Gasteiger partial charge in [0.25, 0.3) is 0 Å². The Labute approximate surface area is 142 Å². The third-order valence-electron chi connectivity index (χ3n) is 4.09. The average molecular weight is 326 g/mol. The molecule has 2 aromatic rings. The fourth-order valence-electron chi connectivity index (χ4n) is 2.75. The predicted octanol–water partition coefficient (Wildman–Crippen LogP) is 3.30. The minimum Gasteiger partial charge on any atom is -0.396 e. The van der Waals surface area contributed by atoms with E-state index in [4.69, 9.17) is 9.84 Å². The zero-order valence-electron chi connectivity index (χ0n) is 13.8. The van der Waals surface area contributed by atoms with E-state index in [2.05, 4.69) is 0 Å². The molecule has 0 spiro atoms. The van der Waals surface area contributed by atoms with Gasteiger partial charge in [-0.05, 0) is 19.3 Å². The predicted molar refractivity (Wildman–Crippen MR) is 92.2 cm³/mol. The zero-order chi connectivity index (χ0) is 17.4. The number of ether oxygens (including phenoxy) is 1. The SMILES string of the molecule is COC(CCCCO)(C(=O)c1ccccc1)C(=O)c1ccccc1. The molecule has 0 aliphatic carbocycles. The summed E-state index contributed by atoms with van der Waals surface area (Å²) in [4.78, 5) is 26.2. The average Bonchev–Trinajstić information content (AvgIpc) is 2.66. The summed E-state index contributed by atoms with van der Waals surface area (Å²) in [7, 11) is 1.39. The summed E-state index contributed by atoms with van der Waals surface area (Å²) in [5.74, 6) is -0.699. The molecule has 0 radical (unpaired) electrons. The monoisotopic (exact) mass is 326 g/mol. The molecule has 4 nitrogen and oxygen atoms in total. The normalized spacial score (nSPS) is 11.2. The third kappa shape index (κ3) is 3.78.